The molecular weight excluding hydrogens is 585 g/mol. The monoisotopic (exact) mass is 616 g/mol. The molecule has 2 aliphatic rings. The van der Waals surface area contributed by atoms with E-state index in [0.29, 0.717) is 0 Å². The third kappa shape index (κ3) is 4.09. The molecule has 6 aromatic carbocycles. The number of hydrogen-bond acceptors (Lipinski definition) is 2. The molecule has 0 fully saturated rings. The zero-order chi connectivity index (χ0) is 31.8. The molecule has 0 saturated heterocycles. The van der Waals surface area contributed by atoms with E-state index in [1.807, 2.05) is 0 Å². The number of nitrogens with zero attached hydrogens (tertiary/aromatic N) is 4. The number of aromatic nitrogens is 3. The Morgan fingerprint density at radius 2 is 1.17 bits per heavy atom. The van der Waals surface area contributed by atoms with E-state index < -0.39 is 0 Å². The zero-order valence-electron chi connectivity index (χ0n) is 26.5. The van der Waals surface area contributed by atoms with Crippen molar-refractivity contribution in [3.63, 3.8) is 0 Å². The van der Waals surface area contributed by atoms with E-state index in [0.717, 1.165) is 33.9 Å². The molecule has 3 atom stereocenters. The molecule has 2 bridgehead atoms. The Balaban J connectivity index is 1.17. The lowest BCUT2D eigenvalue weighted by Crippen LogP contribution is -2.24. The van der Waals surface area contributed by atoms with Crippen molar-refractivity contribution in [2.24, 2.45) is 10.9 Å². The summed E-state index contributed by atoms with van der Waals surface area (Å²) in [6.45, 7) is 2.30. The highest BCUT2D eigenvalue weighted by Gasteiger charge is 2.35. The fraction of sp³-hybridized carbons (Fsp3) is 0.0909. The molecule has 2 aromatic heterocycles. The lowest BCUT2D eigenvalue weighted by Gasteiger charge is -2.20. The van der Waals surface area contributed by atoms with Gasteiger partial charge in [0, 0.05) is 16.7 Å². The maximum Gasteiger partial charge on any atom is 0.216 e. The van der Waals surface area contributed by atoms with Gasteiger partial charge in [0.1, 0.15) is 5.82 Å². The molecule has 228 valence electrons. The van der Waals surface area contributed by atoms with E-state index in [1.54, 1.807) is 0 Å². The molecule has 0 radical (unpaired) electrons. The normalized spacial score (nSPS) is 18.7. The van der Waals surface area contributed by atoms with Crippen LogP contribution in [0.4, 0.5) is 0 Å². The third-order valence-electron chi connectivity index (χ3n) is 10.4. The number of aliphatic imine (C=N–C) groups is 1. The van der Waals surface area contributed by atoms with Crippen LogP contribution in [0.2, 0.25) is 0 Å². The first kappa shape index (κ1) is 27.1. The molecule has 3 heterocycles. The van der Waals surface area contributed by atoms with Gasteiger partial charge >= 0.3 is 0 Å². The van der Waals surface area contributed by atoms with Gasteiger partial charge in [0.05, 0.1) is 28.1 Å². The maximum absolute atomic E-state index is 5.59. The van der Waals surface area contributed by atoms with Crippen molar-refractivity contribution in [2.45, 2.75) is 18.9 Å². The van der Waals surface area contributed by atoms with Crippen LogP contribution in [0.25, 0.3) is 65.9 Å². The Morgan fingerprint density at radius 1 is 0.521 bits per heavy atom. The van der Waals surface area contributed by atoms with Crippen LogP contribution in [0.1, 0.15) is 18.7 Å². The lowest BCUT2D eigenvalue weighted by molar-refractivity contribution is 0.470. The number of para-hydroxylation sites is 3. The second-order valence-electron chi connectivity index (χ2n) is 13.1. The van der Waals surface area contributed by atoms with E-state index in [2.05, 4.69) is 174 Å². The van der Waals surface area contributed by atoms with E-state index in [1.165, 1.54) is 43.8 Å². The van der Waals surface area contributed by atoms with Crippen molar-refractivity contribution < 1.29 is 0 Å². The highest BCUT2D eigenvalue weighted by atomic mass is 15.3. The van der Waals surface area contributed by atoms with Gasteiger partial charge < -0.3 is 0 Å². The summed E-state index contributed by atoms with van der Waals surface area (Å²) in [5.74, 6) is 2.34. The molecule has 48 heavy (non-hydrogen) atoms. The summed E-state index contributed by atoms with van der Waals surface area (Å²) in [6.07, 6.45) is 8.84. The Kier molecular flexibility index (Phi) is 5.94. The summed E-state index contributed by atoms with van der Waals surface area (Å²) in [6, 6.07) is 48.2. The van der Waals surface area contributed by atoms with Gasteiger partial charge in [-0.1, -0.05) is 134 Å². The fourth-order valence-electron chi connectivity index (χ4n) is 7.82. The molecule has 8 aromatic rings. The third-order valence-corrected chi connectivity index (χ3v) is 10.4. The Morgan fingerprint density at radius 3 is 2.02 bits per heavy atom. The SMILES string of the molecule is CC1C2C=CC=CC1c1nc3ccccc3n1C(n1c3ccccc3c3ccc(-c4ccc(-c5ccc6ccccc6c5)cc4)cc31)=N2. The van der Waals surface area contributed by atoms with Crippen molar-refractivity contribution in [2.75, 3.05) is 0 Å². The minimum Gasteiger partial charge on any atom is -0.279 e. The van der Waals surface area contributed by atoms with Crippen molar-refractivity contribution in [3.8, 4) is 22.3 Å². The van der Waals surface area contributed by atoms with Gasteiger partial charge in [-0.2, -0.15) is 0 Å². The van der Waals surface area contributed by atoms with Gasteiger partial charge in [-0.25, -0.2) is 9.98 Å². The first-order valence-corrected chi connectivity index (χ1v) is 16.7. The first-order chi connectivity index (χ1) is 23.7. The molecule has 4 heteroatoms. The van der Waals surface area contributed by atoms with Gasteiger partial charge in [-0.05, 0) is 69.3 Å². The maximum atomic E-state index is 5.59. The van der Waals surface area contributed by atoms with Crippen LogP contribution in [0.15, 0.2) is 163 Å². The van der Waals surface area contributed by atoms with Crippen LogP contribution in [0.5, 0.6) is 0 Å². The first-order valence-electron chi connectivity index (χ1n) is 16.7. The van der Waals surface area contributed by atoms with Crippen molar-refractivity contribution in [1.82, 2.24) is 14.1 Å². The predicted molar refractivity (Wildman–Crippen MR) is 200 cm³/mol. The second-order valence-corrected chi connectivity index (χ2v) is 13.1. The second kappa shape index (κ2) is 10.5. The molecule has 0 N–H and O–H groups in total. The van der Waals surface area contributed by atoms with Crippen LogP contribution in [0, 0.1) is 5.92 Å². The van der Waals surface area contributed by atoms with Gasteiger partial charge in [-0.15, -0.1) is 0 Å². The van der Waals surface area contributed by atoms with Gasteiger partial charge in [0.25, 0.3) is 0 Å². The van der Waals surface area contributed by atoms with Gasteiger partial charge in [-0.3, -0.25) is 9.13 Å². The van der Waals surface area contributed by atoms with E-state index >= 15 is 0 Å². The van der Waals surface area contributed by atoms with Crippen LogP contribution in [0.3, 0.4) is 0 Å². The summed E-state index contributed by atoms with van der Waals surface area (Å²) in [4.78, 5) is 10.8. The van der Waals surface area contributed by atoms with Crippen molar-refractivity contribution in [1.29, 1.82) is 0 Å². The number of fused-ring (bicyclic) bond motifs is 10. The van der Waals surface area contributed by atoms with Crippen LogP contribution in [-0.4, -0.2) is 26.1 Å². The lowest BCUT2D eigenvalue weighted by atomic mass is 9.88. The van der Waals surface area contributed by atoms with Crippen molar-refractivity contribution >= 4 is 49.6 Å². The van der Waals surface area contributed by atoms with E-state index in [-0.39, 0.29) is 17.9 Å². The summed E-state index contributed by atoms with van der Waals surface area (Å²) in [5, 5.41) is 4.95. The van der Waals surface area contributed by atoms with Crippen molar-refractivity contribution in [3.05, 3.63) is 164 Å². The number of hydrogen-bond donors (Lipinski definition) is 0. The summed E-state index contributed by atoms with van der Waals surface area (Å²) in [7, 11) is 0. The summed E-state index contributed by atoms with van der Waals surface area (Å²) < 4.78 is 4.69. The topological polar surface area (TPSA) is 35.1 Å². The summed E-state index contributed by atoms with van der Waals surface area (Å²) >= 11 is 0. The molecule has 0 spiro atoms. The average Bonchev–Trinajstić information content (AvgIpc) is 3.59. The molecule has 3 unspecified atom stereocenters. The number of imidazole rings is 1. The highest BCUT2D eigenvalue weighted by molar-refractivity contribution is 6.16. The Hall–Kier alpha value is -6.00. The molecule has 0 amide bonds. The standard InChI is InChI=1S/C44H32N4/c1-28-35-12-4-6-14-38(28)46-44(48-41-17-9-7-15-39(41)45-43(35)48)47-40-16-8-5-13-36(40)37-25-24-34(27-42(37)47)31-20-18-30(19-21-31)33-23-22-29-10-2-3-11-32(29)26-33/h2-28,35,38H,1H3. The Labute approximate surface area is 278 Å². The minimum atomic E-state index is 0.0162. The summed E-state index contributed by atoms with van der Waals surface area (Å²) in [5.41, 5.74) is 9.14. The number of rotatable bonds is 2. The Bertz CT molecular complexity index is 2650. The smallest absolute Gasteiger partial charge is 0.216 e. The highest BCUT2D eigenvalue weighted by Crippen LogP contribution is 2.39. The van der Waals surface area contributed by atoms with Crippen LogP contribution >= 0.6 is 0 Å². The molecule has 0 saturated carbocycles. The molecular formula is C44H32N4. The van der Waals surface area contributed by atoms with Gasteiger partial charge in [0.2, 0.25) is 5.96 Å². The van der Waals surface area contributed by atoms with Crippen LogP contribution < -0.4 is 0 Å². The fourth-order valence-corrected chi connectivity index (χ4v) is 7.82. The molecule has 1 aliphatic carbocycles. The predicted octanol–water partition coefficient (Wildman–Crippen LogP) is 10.6. The minimum absolute atomic E-state index is 0.0162. The average molecular weight is 617 g/mol. The number of allylic oxidation sites excluding steroid dienone is 3. The quantitative estimate of drug-likeness (QED) is 0.190. The molecule has 10 rings (SSSR count). The largest absolute Gasteiger partial charge is 0.279 e. The molecule has 1 aliphatic heterocycles. The van der Waals surface area contributed by atoms with Gasteiger partial charge in [0.15, 0.2) is 0 Å². The molecule has 4 nitrogen and oxygen atoms in total. The van der Waals surface area contributed by atoms with Crippen LogP contribution in [-0.2, 0) is 0 Å². The zero-order valence-corrected chi connectivity index (χ0v) is 26.5. The van der Waals surface area contributed by atoms with E-state index in [4.69, 9.17) is 9.98 Å². The number of benzene rings is 6. The van der Waals surface area contributed by atoms with E-state index in [9.17, 15) is 0 Å².